The van der Waals surface area contributed by atoms with Crippen LogP contribution in [0, 0.1) is 11.3 Å². The number of aromatic amines is 1. The highest BCUT2D eigenvalue weighted by molar-refractivity contribution is 5.27. The van der Waals surface area contributed by atoms with Crippen molar-refractivity contribution < 1.29 is 0 Å². The van der Waals surface area contributed by atoms with Gasteiger partial charge >= 0.3 is 0 Å². The van der Waals surface area contributed by atoms with Gasteiger partial charge in [-0.15, -0.1) is 0 Å². The van der Waals surface area contributed by atoms with E-state index in [9.17, 15) is 4.79 Å². The zero-order valence-corrected chi connectivity index (χ0v) is 7.01. The Bertz CT molecular complexity index is 547. The molecule has 2 rings (SSSR count). The van der Waals surface area contributed by atoms with Gasteiger partial charge in [-0.05, 0) is 0 Å². The van der Waals surface area contributed by atoms with Crippen LogP contribution in [0.3, 0.4) is 0 Å². The average molecular weight is 187 g/mol. The number of aromatic nitrogens is 4. The Morgan fingerprint density at radius 2 is 2.43 bits per heavy atom. The lowest BCUT2D eigenvalue weighted by molar-refractivity contribution is 0.835. The fraction of sp³-hybridized carbons (Fsp3) is 0. The molecule has 14 heavy (non-hydrogen) atoms. The molecule has 0 atom stereocenters. The van der Waals surface area contributed by atoms with Crippen LogP contribution >= 0.6 is 0 Å². The molecule has 0 unspecified atom stereocenters. The molecule has 0 aliphatic carbocycles. The highest BCUT2D eigenvalue weighted by Gasteiger charge is 2.00. The lowest BCUT2D eigenvalue weighted by Crippen LogP contribution is -2.08. The molecule has 2 aromatic heterocycles. The van der Waals surface area contributed by atoms with Crippen LogP contribution in [0.1, 0.15) is 5.56 Å². The SMILES string of the molecule is N#Cc1cnn(-c2cc(=O)[nH]cn2)c1. The second-order valence-corrected chi connectivity index (χ2v) is 2.55. The monoisotopic (exact) mass is 187 g/mol. The largest absolute Gasteiger partial charge is 0.313 e. The maximum Gasteiger partial charge on any atom is 0.252 e. The fourth-order valence-electron chi connectivity index (χ4n) is 0.989. The van der Waals surface area contributed by atoms with Crippen molar-refractivity contribution in [2.75, 3.05) is 0 Å². The number of hydrogen-bond donors (Lipinski definition) is 1. The van der Waals surface area contributed by atoms with E-state index in [4.69, 9.17) is 5.26 Å². The molecule has 0 saturated carbocycles. The van der Waals surface area contributed by atoms with E-state index in [1.165, 1.54) is 29.5 Å². The van der Waals surface area contributed by atoms with Crippen LogP contribution in [-0.2, 0) is 0 Å². The van der Waals surface area contributed by atoms with E-state index in [1.807, 2.05) is 6.07 Å². The molecule has 2 aromatic rings. The van der Waals surface area contributed by atoms with Crippen LogP contribution in [0.4, 0.5) is 0 Å². The van der Waals surface area contributed by atoms with E-state index < -0.39 is 0 Å². The smallest absolute Gasteiger partial charge is 0.252 e. The number of hydrogen-bond acceptors (Lipinski definition) is 4. The lowest BCUT2D eigenvalue weighted by atomic mass is 10.4. The standard InChI is InChI=1S/C8H5N5O/c9-2-6-3-12-13(4-6)7-1-8(14)11-5-10-7/h1,3-5H,(H,10,11,14). The quantitative estimate of drug-likeness (QED) is 0.671. The Kier molecular flexibility index (Phi) is 1.84. The van der Waals surface area contributed by atoms with Gasteiger partial charge in [-0.25, -0.2) is 9.67 Å². The summed E-state index contributed by atoms with van der Waals surface area (Å²) >= 11 is 0. The molecule has 0 aliphatic heterocycles. The predicted molar refractivity (Wildman–Crippen MR) is 46.7 cm³/mol. The van der Waals surface area contributed by atoms with Crippen molar-refractivity contribution in [3.05, 3.63) is 40.7 Å². The summed E-state index contributed by atoms with van der Waals surface area (Å²) in [6, 6.07) is 3.23. The Labute approximate surface area is 78.5 Å². The first-order chi connectivity index (χ1) is 6.79. The summed E-state index contributed by atoms with van der Waals surface area (Å²) in [5.41, 5.74) is 0.163. The molecule has 6 nitrogen and oxygen atoms in total. The van der Waals surface area contributed by atoms with Crippen LogP contribution in [0.5, 0.6) is 0 Å². The summed E-state index contributed by atoms with van der Waals surface area (Å²) in [7, 11) is 0. The number of H-pyrrole nitrogens is 1. The molecular weight excluding hydrogens is 182 g/mol. The number of nitrogens with zero attached hydrogens (tertiary/aromatic N) is 4. The van der Waals surface area contributed by atoms with Crippen molar-refractivity contribution in [3.8, 4) is 11.9 Å². The summed E-state index contributed by atoms with van der Waals surface area (Å²) in [6.45, 7) is 0. The molecule has 0 bridgehead atoms. The van der Waals surface area contributed by atoms with E-state index in [0.29, 0.717) is 11.4 Å². The molecule has 0 fully saturated rings. The molecule has 0 radical (unpaired) electrons. The zero-order valence-electron chi connectivity index (χ0n) is 7.01. The van der Waals surface area contributed by atoms with Crippen LogP contribution in [0.25, 0.3) is 5.82 Å². The van der Waals surface area contributed by atoms with Crippen LogP contribution < -0.4 is 5.56 Å². The van der Waals surface area contributed by atoms with Gasteiger partial charge in [0.2, 0.25) is 0 Å². The minimum absolute atomic E-state index is 0.260. The van der Waals surface area contributed by atoms with Gasteiger partial charge in [0.25, 0.3) is 5.56 Å². The first-order valence-corrected chi connectivity index (χ1v) is 3.79. The second-order valence-electron chi connectivity index (χ2n) is 2.55. The Morgan fingerprint density at radius 3 is 3.07 bits per heavy atom. The maximum absolute atomic E-state index is 10.9. The van der Waals surface area contributed by atoms with Crippen LogP contribution in [0.15, 0.2) is 29.6 Å². The topological polar surface area (TPSA) is 87.4 Å². The van der Waals surface area contributed by atoms with Crippen molar-refractivity contribution in [2.45, 2.75) is 0 Å². The molecule has 2 heterocycles. The van der Waals surface area contributed by atoms with Crippen molar-refractivity contribution in [1.29, 1.82) is 5.26 Å². The van der Waals surface area contributed by atoms with Gasteiger partial charge in [0.15, 0.2) is 5.82 Å². The molecule has 0 saturated heterocycles. The highest BCUT2D eigenvalue weighted by atomic mass is 16.1. The summed E-state index contributed by atoms with van der Waals surface area (Å²) in [4.78, 5) is 17.2. The number of rotatable bonds is 1. The molecule has 0 spiro atoms. The van der Waals surface area contributed by atoms with E-state index in [-0.39, 0.29) is 5.56 Å². The summed E-state index contributed by atoms with van der Waals surface area (Å²) < 4.78 is 1.37. The van der Waals surface area contributed by atoms with Gasteiger partial charge in [0.1, 0.15) is 6.07 Å². The van der Waals surface area contributed by atoms with Gasteiger partial charge in [-0.1, -0.05) is 0 Å². The normalized spacial score (nSPS) is 9.64. The summed E-state index contributed by atoms with van der Waals surface area (Å²) in [5, 5.41) is 12.4. The molecule has 0 aliphatic rings. The second kappa shape index (κ2) is 3.14. The van der Waals surface area contributed by atoms with Gasteiger partial charge in [-0.3, -0.25) is 4.79 Å². The summed E-state index contributed by atoms with van der Waals surface area (Å²) in [6.07, 6.45) is 4.19. The summed E-state index contributed by atoms with van der Waals surface area (Å²) in [5.74, 6) is 0.384. The molecule has 68 valence electrons. The average Bonchev–Trinajstić information content (AvgIpc) is 2.66. The van der Waals surface area contributed by atoms with Gasteiger partial charge in [0.05, 0.1) is 24.3 Å². The molecule has 0 amide bonds. The van der Waals surface area contributed by atoms with Gasteiger partial charge < -0.3 is 4.98 Å². The first-order valence-electron chi connectivity index (χ1n) is 3.79. The minimum atomic E-state index is -0.260. The fourth-order valence-corrected chi connectivity index (χ4v) is 0.989. The number of nitriles is 1. The van der Waals surface area contributed by atoms with Crippen molar-refractivity contribution in [3.63, 3.8) is 0 Å². The van der Waals surface area contributed by atoms with Crippen molar-refractivity contribution in [2.24, 2.45) is 0 Å². The third-order valence-electron chi connectivity index (χ3n) is 1.61. The Hall–Kier alpha value is -2.42. The van der Waals surface area contributed by atoms with Crippen molar-refractivity contribution >= 4 is 0 Å². The predicted octanol–water partition coefficient (Wildman–Crippen LogP) is -0.173. The van der Waals surface area contributed by atoms with Crippen LogP contribution in [0.2, 0.25) is 0 Å². The molecule has 6 heteroatoms. The third kappa shape index (κ3) is 1.38. The zero-order chi connectivity index (χ0) is 9.97. The van der Waals surface area contributed by atoms with Gasteiger partial charge in [-0.2, -0.15) is 10.4 Å². The van der Waals surface area contributed by atoms with E-state index in [0.717, 1.165) is 0 Å². The minimum Gasteiger partial charge on any atom is -0.313 e. The maximum atomic E-state index is 10.9. The third-order valence-corrected chi connectivity index (χ3v) is 1.61. The lowest BCUT2D eigenvalue weighted by Gasteiger charge is -1.96. The first kappa shape index (κ1) is 8.19. The van der Waals surface area contributed by atoms with Gasteiger partial charge in [0, 0.05) is 6.07 Å². The van der Waals surface area contributed by atoms with E-state index in [2.05, 4.69) is 15.1 Å². The molecule has 1 N–H and O–H groups in total. The number of nitrogens with one attached hydrogen (secondary N) is 1. The van der Waals surface area contributed by atoms with Crippen LogP contribution in [-0.4, -0.2) is 19.7 Å². The molecular formula is C8H5N5O. The van der Waals surface area contributed by atoms with E-state index >= 15 is 0 Å². The van der Waals surface area contributed by atoms with E-state index in [1.54, 1.807) is 0 Å². The molecule has 0 aromatic carbocycles. The Balaban J connectivity index is 2.50. The van der Waals surface area contributed by atoms with Crippen molar-refractivity contribution in [1.82, 2.24) is 19.7 Å². The highest BCUT2D eigenvalue weighted by Crippen LogP contribution is 2.00. The Morgan fingerprint density at radius 1 is 1.57 bits per heavy atom.